The third-order valence-electron chi connectivity index (χ3n) is 2.39. The third-order valence-corrected chi connectivity index (χ3v) is 2.76. The fourth-order valence-corrected chi connectivity index (χ4v) is 1.45. The lowest BCUT2D eigenvalue weighted by Gasteiger charge is -2.22. The maximum absolute atomic E-state index is 6.02. The van der Waals surface area contributed by atoms with Crippen LogP contribution >= 0.6 is 11.6 Å². The van der Waals surface area contributed by atoms with Gasteiger partial charge in [0.2, 0.25) is 0 Å². The Kier molecular flexibility index (Phi) is 3.93. The smallest absolute Gasteiger partial charge is 0.0437 e. The molecule has 0 aliphatic heterocycles. The summed E-state index contributed by atoms with van der Waals surface area (Å²) in [6, 6.07) is 7.83. The fourth-order valence-electron chi connectivity index (χ4n) is 1.22. The Bertz CT molecular complexity index is 297. The second-order valence-electron chi connectivity index (χ2n) is 3.95. The molecule has 14 heavy (non-hydrogen) atoms. The van der Waals surface area contributed by atoms with Crippen LogP contribution in [0.4, 0.5) is 0 Å². The van der Waals surface area contributed by atoms with Gasteiger partial charge in [-0.05, 0) is 31.4 Å². The summed E-state index contributed by atoms with van der Waals surface area (Å²) in [6.07, 6.45) is 1.73. The van der Waals surface area contributed by atoms with Crippen LogP contribution in [-0.2, 0) is 6.42 Å². The molecule has 0 fully saturated rings. The van der Waals surface area contributed by atoms with Crippen molar-refractivity contribution in [2.75, 3.05) is 6.54 Å². The van der Waals surface area contributed by atoms with Crippen LogP contribution in [0.1, 0.15) is 18.9 Å². The number of nitrogens with two attached hydrogens (primary N) is 2. The molecule has 0 amide bonds. The second kappa shape index (κ2) is 4.78. The predicted molar refractivity (Wildman–Crippen MR) is 61.4 cm³/mol. The van der Waals surface area contributed by atoms with Gasteiger partial charge in [-0.1, -0.05) is 29.8 Å². The molecule has 1 unspecified atom stereocenters. The fraction of sp³-hybridized carbons (Fsp3) is 0.455. The van der Waals surface area contributed by atoms with E-state index in [-0.39, 0.29) is 5.54 Å². The van der Waals surface area contributed by atoms with Crippen molar-refractivity contribution >= 4 is 11.6 Å². The molecule has 78 valence electrons. The summed E-state index contributed by atoms with van der Waals surface area (Å²) in [4.78, 5) is 0. The van der Waals surface area contributed by atoms with Crippen molar-refractivity contribution in [3.05, 3.63) is 34.9 Å². The molecule has 0 saturated heterocycles. The molecular formula is C11H17ClN2. The van der Waals surface area contributed by atoms with Crippen LogP contribution in [0.3, 0.4) is 0 Å². The van der Waals surface area contributed by atoms with E-state index in [1.54, 1.807) is 0 Å². The first kappa shape index (κ1) is 11.5. The first-order chi connectivity index (χ1) is 6.55. The zero-order chi connectivity index (χ0) is 10.6. The van der Waals surface area contributed by atoms with Gasteiger partial charge in [-0.25, -0.2) is 0 Å². The number of halogens is 1. The van der Waals surface area contributed by atoms with E-state index in [2.05, 4.69) is 0 Å². The zero-order valence-corrected chi connectivity index (χ0v) is 9.22. The van der Waals surface area contributed by atoms with Crippen LogP contribution in [0.5, 0.6) is 0 Å². The van der Waals surface area contributed by atoms with Crippen molar-refractivity contribution in [1.29, 1.82) is 0 Å². The minimum Gasteiger partial charge on any atom is -0.329 e. The quantitative estimate of drug-likeness (QED) is 0.802. The molecule has 1 aromatic carbocycles. The van der Waals surface area contributed by atoms with Crippen LogP contribution in [0.15, 0.2) is 24.3 Å². The van der Waals surface area contributed by atoms with Gasteiger partial charge >= 0.3 is 0 Å². The average Bonchev–Trinajstić information content (AvgIpc) is 2.17. The highest BCUT2D eigenvalue weighted by Crippen LogP contribution is 2.18. The Balaban J connectivity index is 2.58. The normalized spacial score (nSPS) is 15.1. The lowest BCUT2D eigenvalue weighted by atomic mass is 9.94. The molecule has 1 atom stereocenters. The van der Waals surface area contributed by atoms with Crippen molar-refractivity contribution in [3.63, 3.8) is 0 Å². The summed E-state index contributed by atoms with van der Waals surface area (Å²) in [6.45, 7) is 2.46. The molecule has 2 nitrogen and oxygen atoms in total. The zero-order valence-electron chi connectivity index (χ0n) is 8.46. The molecule has 1 aromatic rings. The van der Waals surface area contributed by atoms with E-state index in [1.165, 1.54) is 0 Å². The summed E-state index contributed by atoms with van der Waals surface area (Å²) in [7, 11) is 0. The first-order valence-corrected chi connectivity index (χ1v) is 5.15. The molecule has 0 aliphatic carbocycles. The molecular weight excluding hydrogens is 196 g/mol. The van der Waals surface area contributed by atoms with Gasteiger partial charge in [0.15, 0.2) is 0 Å². The van der Waals surface area contributed by atoms with Gasteiger partial charge in [0, 0.05) is 17.1 Å². The molecule has 0 radical (unpaired) electrons. The number of rotatable bonds is 4. The standard InChI is InChI=1S/C11H17ClN2/c1-11(14,8-13)7-6-9-4-2-3-5-10(9)12/h2-5H,6-8,13-14H2,1H3. The van der Waals surface area contributed by atoms with E-state index in [1.807, 2.05) is 31.2 Å². The number of hydrogen-bond donors (Lipinski definition) is 2. The predicted octanol–water partition coefficient (Wildman–Crippen LogP) is 1.95. The van der Waals surface area contributed by atoms with Gasteiger partial charge in [-0.15, -0.1) is 0 Å². The Labute approximate surface area is 90.2 Å². The summed E-state index contributed by atoms with van der Waals surface area (Å²) in [5, 5.41) is 0.806. The van der Waals surface area contributed by atoms with Crippen molar-refractivity contribution in [3.8, 4) is 0 Å². The number of benzene rings is 1. The first-order valence-electron chi connectivity index (χ1n) is 4.77. The average molecular weight is 213 g/mol. The van der Waals surface area contributed by atoms with Gasteiger partial charge in [-0.2, -0.15) is 0 Å². The monoisotopic (exact) mass is 212 g/mol. The van der Waals surface area contributed by atoms with Crippen molar-refractivity contribution in [2.45, 2.75) is 25.3 Å². The molecule has 4 N–H and O–H groups in total. The lowest BCUT2D eigenvalue weighted by molar-refractivity contribution is 0.443. The van der Waals surface area contributed by atoms with Crippen molar-refractivity contribution < 1.29 is 0 Å². The molecule has 0 bridgehead atoms. The van der Waals surface area contributed by atoms with Crippen molar-refractivity contribution in [1.82, 2.24) is 0 Å². The van der Waals surface area contributed by atoms with Gasteiger partial charge in [-0.3, -0.25) is 0 Å². The maximum atomic E-state index is 6.02. The van der Waals surface area contributed by atoms with Gasteiger partial charge in [0.1, 0.15) is 0 Å². The molecule has 1 rings (SSSR count). The van der Waals surface area contributed by atoms with Crippen molar-refractivity contribution in [2.24, 2.45) is 11.5 Å². The molecule has 0 aromatic heterocycles. The van der Waals surface area contributed by atoms with E-state index < -0.39 is 0 Å². The Morgan fingerprint density at radius 3 is 2.57 bits per heavy atom. The van der Waals surface area contributed by atoms with E-state index in [0.717, 1.165) is 23.4 Å². The lowest BCUT2D eigenvalue weighted by Crippen LogP contribution is -2.44. The summed E-state index contributed by atoms with van der Waals surface area (Å²) in [5.41, 5.74) is 12.3. The van der Waals surface area contributed by atoms with E-state index in [9.17, 15) is 0 Å². The minimum absolute atomic E-state index is 0.292. The van der Waals surface area contributed by atoms with Crippen LogP contribution in [0.2, 0.25) is 5.02 Å². The SMILES string of the molecule is CC(N)(CN)CCc1ccccc1Cl. The van der Waals surface area contributed by atoms with Crippen LogP contribution in [0, 0.1) is 0 Å². The van der Waals surface area contributed by atoms with E-state index in [4.69, 9.17) is 23.1 Å². The number of hydrogen-bond acceptors (Lipinski definition) is 2. The van der Waals surface area contributed by atoms with Crippen LogP contribution in [-0.4, -0.2) is 12.1 Å². The second-order valence-corrected chi connectivity index (χ2v) is 4.36. The van der Waals surface area contributed by atoms with Gasteiger partial charge in [0.25, 0.3) is 0 Å². The van der Waals surface area contributed by atoms with Gasteiger partial charge in [0.05, 0.1) is 0 Å². The Morgan fingerprint density at radius 2 is 2.00 bits per heavy atom. The molecule has 3 heteroatoms. The molecule has 0 spiro atoms. The third kappa shape index (κ3) is 3.29. The minimum atomic E-state index is -0.292. The Morgan fingerprint density at radius 1 is 1.36 bits per heavy atom. The summed E-state index contributed by atoms with van der Waals surface area (Å²) >= 11 is 6.02. The van der Waals surface area contributed by atoms with E-state index in [0.29, 0.717) is 6.54 Å². The highest BCUT2D eigenvalue weighted by molar-refractivity contribution is 6.31. The molecule has 0 heterocycles. The Hall–Kier alpha value is -0.570. The molecule has 0 saturated carbocycles. The van der Waals surface area contributed by atoms with Gasteiger partial charge < -0.3 is 11.5 Å². The summed E-state index contributed by atoms with van der Waals surface area (Å²) < 4.78 is 0. The topological polar surface area (TPSA) is 52.0 Å². The molecule has 0 aliphatic rings. The number of aryl methyl sites for hydroxylation is 1. The highest BCUT2D eigenvalue weighted by atomic mass is 35.5. The largest absolute Gasteiger partial charge is 0.329 e. The highest BCUT2D eigenvalue weighted by Gasteiger charge is 2.15. The summed E-state index contributed by atoms with van der Waals surface area (Å²) in [5.74, 6) is 0. The van der Waals surface area contributed by atoms with Crippen LogP contribution in [0.25, 0.3) is 0 Å². The van der Waals surface area contributed by atoms with Crippen LogP contribution < -0.4 is 11.5 Å². The van der Waals surface area contributed by atoms with E-state index >= 15 is 0 Å². The maximum Gasteiger partial charge on any atom is 0.0437 e.